The van der Waals surface area contributed by atoms with Crippen molar-refractivity contribution in [3.05, 3.63) is 22.5 Å². The minimum absolute atomic E-state index is 0.0517. The Labute approximate surface area is 157 Å². The van der Waals surface area contributed by atoms with E-state index in [-0.39, 0.29) is 30.7 Å². The molecule has 3 rings (SSSR count). The Balaban J connectivity index is 1.68. The maximum absolute atomic E-state index is 12.8. The summed E-state index contributed by atoms with van der Waals surface area (Å²) >= 11 is 0. The molecule has 1 atom stereocenters. The Bertz CT molecular complexity index is 798. The van der Waals surface area contributed by atoms with Crippen molar-refractivity contribution in [2.75, 3.05) is 26.7 Å². The Morgan fingerprint density at radius 2 is 2.00 bits per heavy atom. The zero-order chi connectivity index (χ0) is 19.7. The molecule has 1 aliphatic carbocycles. The van der Waals surface area contributed by atoms with Gasteiger partial charge in [0.1, 0.15) is 5.69 Å². The van der Waals surface area contributed by atoms with Gasteiger partial charge in [-0.15, -0.1) is 0 Å². The third-order valence-corrected chi connectivity index (χ3v) is 5.49. The van der Waals surface area contributed by atoms with E-state index in [1.165, 1.54) is 9.80 Å². The summed E-state index contributed by atoms with van der Waals surface area (Å²) in [6.45, 7) is 2.32. The van der Waals surface area contributed by atoms with Crippen LogP contribution < -0.4 is 0 Å². The van der Waals surface area contributed by atoms with Gasteiger partial charge in [-0.1, -0.05) is 0 Å². The first-order chi connectivity index (χ1) is 12.8. The number of nitrogens with zero attached hydrogens (tertiary/aromatic N) is 2. The van der Waals surface area contributed by atoms with Crippen LogP contribution in [0.4, 0.5) is 0 Å². The number of ketones is 1. The van der Waals surface area contributed by atoms with Crippen molar-refractivity contribution in [3.63, 3.8) is 0 Å². The van der Waals surface area contributed by atoms with E-state index in [2.05, 4.69) is 4.98 Å². The Morgan fingerprint density at radius 1 is 1.26 bits per heavy atom. The zero-order valence-corrected chi connectivity index (χ0v) is 15.7. The number of carbonyl (C=O) groups is 4. The highest BCUT2D eigenvalue weighted by molar-refractivity contribution is 6.04. The van der Waals surface area contributed by atoms with E-state index in [0.717, 1.165) is 18.5 Å². The lowest BCUT2D eigenvalue weighted by Gasteiger charge is -2.32. The molecule has 2 aliphatic rings. The molecule has 2 N–H and O–H groups in total. The van der Waals surface area contributed by atoms with Crippen LogP contribution in [0.25, 0.3) is 0 Å². The number of carbonyl (C=O) groups excluding carboxylic acids is 3. The lowest BCUT2D eigenvalue weighted by molar-refractivity contribution is -0.145. The van der Waals surface area contributed by atoms with Crippen molar-refractivity contribution in [1.82, 2.24) is 14.8 Å². The summed E-state index contributed by atoms with van der Waals surface area (Å²) in [5.41, 5.74) is 2.41. The number of aliphatic carboxylic acids is 1. The molecule has 8 nitrogen and oxygen atoms in total. The van der Waals surface area contributed by atoms with Crippen molar-refractivity contribution >= 4 is 23.6 Å². The average Bonchev–Trinajstić information content (AvgIpc) is 2.99. The van der Waals surface area contributed by atoms with E-state index in [4.69, 9.17) is 5.11 Å². The maximum Gasteiger partial charge on any atom is 0.308 e. The van der Waals surface area contributed by atoms with Crippen LogP contribution >= 0.6 is 0 Å². The molecule has 0 radical (unpaired) electrons. The van der Waals surface area contributed by atoms with Crippen LogP contribution in [0.3, 0.4) is 0 Å². The van der Waals surface area contributed by atoms with Gasteiger partial charge in [0.05, 0.1) is 12.5 Å². The molecule has 0 spiro atoms. The smallest absolute Gasteiger partial charge is 0.308 e. The Morgan fingerprint density at radius 3 is 2.67 bits per heavy atom. The number of hydrogen-bond donors (Lipinski definition) is 2. The predicted molar refractivity (Wildman–Crippen MR) is 96.7 cm³/mol. The molecule has 0 saturated carbocycles. The first-order valence-electron chi connectivity index (χ1n) is 9.30. The van der Waals surface area contributed by atoms with Crippen LogP contribution in [-0.4, -0.2) is 70.1 Å². The van der Waals surface area contributed by atoms with Crippen molar-refractivity contribution in [3.8, 4) is 0 Å². The first-order valence-corrected chi connectivity index (χ1v) is 9.30. The number of H-pyrrole nitrogens is 1. The molecule has 0 bridgehead atoms. The lowest BCUT2D eigenvalue weighted by atomic mass is 9.94. The normalized spacial score (nSPS) is 19.6. The highest BCUT2D eigenvalue weighted by atomic mass is 16.4. The second kappa shape index (κ2) is 7.54. The van der Waals surface area contributed by atoms with Crippen LogP contribution in [0.5, 0.6) is 0 Å². The van der Waals surface area contributed by atoms with Gasteiger partial charge in [-0.05, 0) is 38.2 Å². The van der Waals surface area contributed by atoms with Crippen LogP contribution in [0.1, 0.15) is 57.8 Å². The van der Waals surface area contributed by atoms with Crippen LogP contribution in [-0.2, 0) is 16.0 Å². The van der Waals surface area contributed by atoms with E-state index in [9.17, 15) is 19.2 Å². The summed E-state index contributed by atoms with van der Waals surface area (Å²) < 4.78 is 0. The molecular weight excluding hydrogens is 350 g/mol. The molecule has 0 aromatic carbocycles. The highest BCUT2D eigenvalue weighted by Crippen LogP contribution is 2.27. The standard InChI is InChI=1S/C19H25N3O5/c1-11-16-13(6-3-7-14(16)23)20-17(11)18(25)21(2)10-15(24)22-8-4-5-12(9-22)19(26)27/h12,20H,3-10H2,1-2H3,(H,26,27). The number of likely N-dealkylation sites (tertiary alicyclic amines) is 1. The topological polar surface area (TPSA) is 111 Å². The number of aromatic nitrogens is 1. The van der Waals surface area contributed by atoms with Gasteiger partial charge in [-0.2, -0.15) is 0 Å². The quantitative estimate of drug-likeness (QED) is 0.822. The van der Waals surface area contributed by atoms with E-state index in [0.29, 0.717) is 42.6 Å². The average molecular weight is 375 g/mol. The van der Waals surface area contributed by atoms with Gasteiger partial charge in [-0.3, -0.25) is 19.2 Å². The van der Waals surface area contributed by atoms with Crippen molar-refractivity contribution in [2.24, 2.45) is 5.92 Å². The van der Waals surface area contributed by atoms with E-state index >= 15 is 0 Å². The van der Waals surface area contributed by atoms with Crippen LogP contribution in [0, 0.1) is 12.8 Å². The summed E-state index contributed by atoms with van der Waals surface area (Å²) in [5, 5.41) is 9.15. The number of piperidine rings is 1. The number of likely N-dealkylation sites (N-methyl/N-ethyl adjacent to an activating group) is 1. The number of rotatable bonds is 4. The van der Waals surface area contributed by atoms with Gasteiger partial charge in [-0.25, -0.2) is 0 Å². The van der Waals surface area contributed by atoms with Crippen molar-refractivity contribution < 1.29 is 24.3 Å². The second-order valence-electron chi connectivity index (χ2n) is 7.43. The number of carboxylic acid groups (broad SMARTS) is 1. The summed E-state index contributed by atoms with van der Waals surface area (Å²) in [6.07, 6.45) is 3.21. The van der Waals surface area contributed by atoms with Gasteiger partial charge in [0.25, 0.3) is 5.91 Å². The summed E-state index contributed by atoms with van der Waals surface area (Å²) in [7, 11) is 1.54. The molecule has 146 valence electrons. The second-order valence-corrected chi connectivity index (χ2v) is 7.43. The van der Waals surface area contributed by atoms with Crippen LogP contribution in [0.2, 0.25) is 0 Å². The van der Waals surface area contributed by atoms with Gasteiger partial charge >= 0.3 is 5.97 Å². The monoisotopic (exact) mass is 375 g/mol. The molecule has 2 amide bonds. The minimum Gasteiger partial charge on any atom is -0.481 e. The van der Waals surface area contributed by atoms with E-state index < -0.39 is 11.9 Å². The lowest BCUT2D eigenvalue weighted by Crippen LogP contribution is -2.47. The van der Waals surface area contributed by atoms with E-state index in [1.807, 2.05) is 0 Å². The third kappa shape index (κ3) is 3.74. The fraction of sp³-hybridized carbons (Fsp3) is 0.579. The van der Waals surface area contributed by atoms with E-state index in [1.54, 1.807) is 14.0 Å². The Hall–Kier alpha value is -2.64. The predicted octanol–water partition coefficient (Wildman–Crippen LogP) is 1.24. The maximum atomic E-state index is 12.8. The molecule has 8 heteroatoms. The van der Waals surface area contributed by atoms with Gasteiger partial charge < -0.3 is 19.9 Å². The molecule has 27 heavy (non-hydrogen) atoms. The molecule has 1 aromatic heterocycles. The van der Waals surface area contributed by atoms with Crippen LogP contribution in [0.15, 0.2) is 0 Å². The van der Waals surface area contributed by atoms with Gasteiger partial charge in [0.2, 0.25) is 5.91 Å². The molecule has 1 fully saturated rings. The number of carboxylic acids is 1. The summed E-state index contributed by atoms with van der Waals surface area (Å²) in [4.78, 5) is 54.5. The Kier molecular flexibility index (Phi) is 5.34. The largest absolute Gasteiger partial charge is 0.481 e. The number of aromatic amines is 1. The van der Waals surface area contributed by atoms with Gasteiger partial charge in [0.15, 0.2) is 5.78 Å². The number of fused-ring (bicyclic) bond motifs is 1. The SMILES string of the molecule is Cc1c(C(=O)N(C)CC(=O)N2CCCC(C(=O)O)C2)[nH]c2c1C(=O)CCC2. The minimum atomic E-state index is -0.894. The summed E-state index contributed by atoms with van der Waals surface area (Å²) in [6, 6.07) is 0. The summed E-state index contributed by atoms with van der Waals surface area (Å²) in [5.74, 6) is -1.99. The fourth-order valence-corrected chi connectivity index (χ4v) is 3.96. The molecule has 1 saturated heterocycles. The van der Waals surface area contributed by atoms with Crippen molar-refractivity contribution in [1.29, 1.82) is 0 Å². The first kappa shape index (κ1) is 19.1. The number of hydrogen-bond acceptors (Lipinski definition) is 4. The molecule has 1 aliphatic heterocycles. The van der Waals surface area contributed by atoms with Gasteiger partial charge in [0, 0.05) is 37.8 Å². The number of amides is 2. The molecular formula is C19H25N3O5. The van der Waals surface area contributed by atoms with Crippen molar-refractivity contribution in [2.45, 2.75) is 39.0 Å². The highest BCUT2D eigenvalue weighted by Gasteiger charge is 2.31. The number of aryl methyl sites for hydroxylation is 1. The molecule has 1 unspecified atom stereocenters. The fourth-order valence-electron chi connectivity index (χ4n) is 3.96. The third-order valence-electron chi connectivity index (χ3n) is 5.49. The number of Topliss-reactive ketones (excluding diaryl/α,β-unsaturated/α-hetero) is 1. The molecule has 2 heterocycles. The number of nitrogens with one attached hydrogen (secondary N) is 1. The zero-order valence-electron chi connectivity index (χ0n) is 15.7. The molecule has 1 aromatic rings.